The molecule has 4 aromatic rings. The number of carbonyl (C=O) groups is 1. The predicted molar refractivity (Wildman–Crippen MR) is 124 cm³/mol. The monoisotopic (exact) mass is 442 g/mol. The van der Waals surface area contributed by atoms with E-state index in [1.54, 1.807) is 24.8 Å². The van der Waals surface area contributed by atoms with Crippen LogP contribution < -0.4 is 10.1 Å². The van der Waals surface area contributed by atoms with Crippen molar-refractivity contribution in [3.8, 4) is 16.9 Å². The van der Waals surface area contributed by atoms with Gasteiger partial charge in [0, 0.05) is 40.2 Å². The highest BCUT2D eigenvalue weighted by Crippen LogP contribution is 2.26. The number of halogens is 1. The summed E-state index contributed by atoms with van der Waals surface area (Å²) in [6.45, 7) is 1.93. The molecule has 1 aliphatic heterocycles. The van der Waals surface area contributed by atoms with Crippen LogP contribution in [-0.2, 0) is 6.42 Å². The third-order valence-corrected chi connectivity index (χ3v) is 5.77. The molecular weight excluding hydrogens is 419 g/mol. The molecule has 33 heavy (non-hydrogen) atoms. The van der Waals surface area contributed by atoms with Gasteiger partial charge in [-0.3, -0.25) is 19.7 Å². The number of hydrogen-bond donors (Lipinski definition) is 1. The summed E-state index contributed by atoms with van der Waals surface area (Å²) < 4.78 is 19.2. The van der Waals surface area contributed by atoms with Gasteiger partial charge in [-0.05, 0) is 68.4 Å². The number of carbonyl (C=O) groups excluding carboxylic acids is 1. The minimum Gasteiger partial charge on any atom is -0.489 e. The number of benzene rings is 1. The van der Waals surface area contributed by atoms with Gasteiger partial charge in [0.2, 0.25) is 0 Å². The van der Waals surface area contributed by atoms with E-state index in [9.17, 15) is 9.18 Å². The van der Waals surface area contributed by atoms with Crippen LogP contribution in [0.3, 0.4) is 0 Å². The number of Topliss-reactive ketones (excluding diaryl/α,β-unsaturated/α-hetero) is 1. The predicted octanol–water partition coefficient (Wildman–Crippen LogP) is 4.39. The molecule has 5 rings (SSSR count). The molecule has 0 unspecified atom stereocenters. The normalized spacial score (nSPS) is 14.3. The van der Waals surface area contributed by atoms with Crippen LogP contribution in [0.25, 0.3) is 22.0 Å². The first-order valence-electron chi connectivity index (χ1n) is 11.0. The van der Waals surface area contributed by atoms with Crippen LogP contribution in [-0.4, -0.2) is 39.9 Å². The second-order valence-electron chi connectivity index (χ2n) is 8.18. The molecule has 1 N–H and O–H groups in total. The van der Waals surface area contributed by atoms with E-state index in [2.05, 4.69) is 20.3 Å². The first kappa shape index (κ1) is 21.2. The maximum absolute atomic E-state index is 13.1. The van der Waals surface area contributed by atoms with E-state index in [-0.39, 0.29) is 24.1 Å². The second-order valence-corrected chi connectivity index (χ2v) is 8.18. The van der Waals surface area contributed by atoms with Gasteiger partial charge < -0.3 is 10.1 Å². The second kappa shape index (κ2) is 9.42. The lowest BCUT2D eigenvalue weighted by Crippen LogP contribution is -2.34. The van der Waals surface area contributed by atoms with E-state index in [1.165, 1.54) is 24.3 Å². The Hall–Kier alpha value is -3.71. The molecule has 0 saturated carbocycles. The smallest absolute Gasteiger partial charge is 0.168 e. The molecule has 0 radical (unpaired) electrons. The maximum Gasteiger partial charge on any atom is 0.168 e. The number of nitrogens with one attached hydrogen (secondary N) is 1. The lowest BCUT2D eigenvalue weighted by molar-refractivity contribution is 0.0992. The maximum atomic E-state index is 13.1. The highest BCUT2D eigenvalue weighted by atomic mass is 19.1. The molecule has 1 aliphatic rings. The van der Waals surface area contributed by atoms with Crippen LogP contribution in [0.2, 0.25) is 0 Å². The topological polar surface area (TPSA) is 77.0 Å². The summed E-state index contributed by atoms with van der Waals surface area (Å²) in [4.78, 5) is 25.8. The molecule has 1 aromatic carbocycles. The fourth-order valence-corrected chi connectivity index (χ4v) is 3.98. The first-order chi connectivity index (χ1) is 16.1. The van der Waals surface area contributed by atoms with E-state index in [0.29, 0.717) is 11.3 Å². The molecule has 0 spiro atoms. The van der Waals surface area contributed by atoms with Crippen LogP contribution >= 0.6 is 0 Å². The third kappa shape index (κ3) is 5.04. The van der Waals surface area contributed by atoms with Gasteiger partial charge >= 0.3 is 0 Å². The average Bonchev–Trinajstić information content (AvgIpc) is 2.85. The van der Waals surface area contributed by atoms with E-state index >= 15 is 0 Å². The van der Waals surface area contributed by atoms with Crippen molar-refractivity contribution in [3.63, 3.8) is 0 Å². The van der Waals surface area contributed by atoms with Gasteiger partial charge in [0.1, 0.15) is 17.7 Å². The van der Waals surface area contributed by atoms with Crippen molar-refractivity contribution in [3.05, 3.63) is 84.3 Å². The number of ketones is 1. The standard InChI is InChI=1S/C26H23FN4O2/c27-21-3-1-17(2-4-21)26(32)12-22-10-18-9-19(14-31-25(18)16-30-22)20-11-24(15-29-13-20)33-23-5-7-28-8-6-23/h1-4,9-11,13-16,23,28H,5-8,12H2. The van der Waals surface area contributed by atoms with E-state index < -0.39 is 0 Å². The number of nitrogens with zero attached hydrogens (tertiary/aromatic N) is 3. The van der Waals surface area contributed by atoms with Gasteiger partial charge in [0.25, 0.3) is 0 Å². The van der Waals surface area contributed by atoms with Gasteiger partial charge in [-0.2, -0.15) is 0 Å². The Kier molecular flexibility index (Phi) is 6.04. The first-order valence-corrected chi connectivity index (χ1v) is 11.0. The van der Waals surface area contributed by atoms with Crippen molar-refractivity contribution >= 4 is 16.7 Å². The fraction of sp³-hybridized carbons (Fsp3) is 0.231. The highest BCUT2D eigenvalue weighted by Gasteiger charge is 2.15. The Bertz CT molecular complexity index is 1290. The largest absolute Gasteiger partial charge is 0.489 e. The molecule has 1 fully saturated rings. The van der Waals surface area contributed by atoms with Gasteiger partial charge in [-0.1, -0.05) is 0 Å². The summed E-state index contributed by atoms with van der Waals surface area (Å²) in [7, 11) is 0. The fourth-order valence-electron chi connectivity index (χ4n) is 3.98. The highest BCUT2D eigenvalue weighted by molar-refractivity contribution is 5.97. The Labute approximate surface area is 190 Å². The molecule has 4 heterocycles. The number of pyridine rings is 3. The van der Waals surface area contributed by atoms with Crippen LogP contribution in [0.5, 0.6) is 5.75 Å². The van der Waals surface area contributed by atoms with Crippen molar-refractivity contribution in [2.45, 2.75) is 25.4 Å². The summed E-state index contributed by atoms with van der Waals surface area (Å²) in [5, 5.41) is 4.22. The zero-order chi connectivity index (χ0) is 22.6. The number of fused-ring (bicyclic) bond motifs is 1. The van der Waals surface area contributed by atoms with Crippen molar-refractivity contribution in [2.24, 2.45) is 0 Å². The minimum atomic E-state index is -0.367. The van der Waals surface area contributed by atoms with Gasteiger partial charge in [-0.25, -0.2) is 4.39 Å². The van der Waals surface area contributed by atoms with Crippen LogP contribution in [0.4, 0.5) is 4.39 Å². The SMILES string of the molecule is O=C(Cc1cc2cc(-c3cncc(OC4CCNCC4)c3)cnc2cn1)c1ccc(F)cc1. The molecule has 1 saturated heterocycles. The van der Waals surface area contributed by atoms with Crippen LogP contribution in [0.1, 0.15) is 28.9 Å². The Morgan fingerprint density at radius 2 is 1.76 bits per heavy atom. The third-order valence-electron chi connectivity index (χ3n) is 5.77. The lowest BCUT2D eigenvalue weighted by Gasteiger charge is -2.23. The molecule has 7 heteroatoms. The number of hydrogen-bond acceptors (Lipinski definition) is 6. The van der Waals surface area contributed by atoms with E-state index in [1.807, 2.05) is 18.2 Å². The van der Waals surface area contributed by atoms with Crippen molar-refractivity contribution < 1.29 is 13.9 Å². The van der Waals surface area contributed by atoms with Crippen molar-refractivity contribution in [1.29, 1.82) is 0 Å². The molecular formula is C26H23FN4O2. The van der Waals surface area contributed by atoms with Crippen LogP contribution in [0, 0.1) is 5.82 Å². The number of piperidine rings is 1. The molecule has 0 amide bonds. The summed E-state index contributed by atoms with van der Waals surface area (Å²) >= 11 is 0. The Morgan fingerprint density at radius 1 is 0.970 bits per heavy atom. The quantitative estimate of drug-likeness (QED) is 0.447. The molecule has 6 nitrogen and oxygen atoms in total. The molecule has 0 aliphatic carbocycles. The number of aromatic nitrogens is 3. The molecule has 0 bridgehead atoms. The zero-order valence-corrected chi connectivity index (χ0v) is 18.0. The average molecular weight is 442 g/mol. The van der Waals surface area contributed by atoms with E-state index in [0.717, 1.165) is 53.7 Å². The summed E-state index contributed by atoms with van der Waals surface area (Å²) in [5.74, 6) is 0.270. The number of ether oxygens (including phenoxy) is 1. The summed E-state index contributed by atoms with van der Waals surface area (Å²) in [5.41, 5.74) is 3.66. The Balaban J connectivity index is 1.37. The van der Waals surface area contributed by atoms with Crippen LogP contribution in [0.15, 0.2) is 67.3 Å². The zero-order valence-electron chi connectivity index (χ0n) is 18.0. The van der Waals surface area contributed by atoms with Gasteiger partial charge in [0.15, 0.2) is 5.78 Å². The summed E-state index contributed by atoms with van der Waals surface area (Å²) in [6.07, 6.45) is 9.28. The van der Waals surface area contributed by atoms with Crippen molar-refractivity contribution in [2.75, 3.05) is 13.1 Å². The van der Waals surface area contributed by atoms with Gasteiger partial charge in [-0.15, -0.1) is 0 Å². The number of rotatable bonds is 6. The van der Waals surface area contributed by atoms with Crippen molar-refractivity contribution in [1.82, 2.24) is 20.3 Å². The molecule has 166 valence electrons. The molecule has 0 atom stereocenters. The molecule has 3 aromatic heterocycles. The summed E-state index contributed by atoms with van der Waals surface area (Å²) in [6, 6.07) is 11.4. The van der Waals surface area contributed by atoms with E-state index in [4.69, 9.17) is 4.74 Å². The minimum absolute atomic E-state index is 0.113. The van der Waals surface area contributed by atoms with Gasteiger partial charge in [0.05, 0.1) is 24.3 Å². The lowest BCUT2D eigenvalue weighted by atomic mass is 10.0. The Morgan fingerprint density at radius 3 is 2.58 bits per heavy atom.